The van der Waals surface area contributed by atoms with E-state index in [9.17, 15) is 9.90 Å². The number of ether oxygens (including phenoxy) is 2. The van der Waals surface area contributed by atoms with E-state index in [2.05, 4.69) is 22.3 Å². The zero-order valence-electron chi connectivity index (χ0n) is 22.1. The van der Waals surface area contributed by atoms with Gasteiger partial charge in [0.2, 0.25) is 0 Å². The van der Waals surface area contributed by atoms with Gasteiger partial charge in [0.05, 0.1) is 36.6 Å². The van der Waals surface area contributed by atoms with E-state index in [0.29, 0.717) is 32.9 Å². The van der Waals surface area contributed by atoms with Crippen molar-refractivity contribution >= 4 is 22.7 Å². The third-order valence-electron chi connectivity index (χ3n) is 8.11. The van der Waals surface area contributed by atoms with Crippen LogP contribution in [-0.2, 0) is 27.1 Å². The summed E-state index contributed by atoms with van der Waals surface area (Å²) >= 11 is 0. The highest BCUT2D eigenvalue weighted by Crippen LogP contribution is 2.35. The molecule has 0 radical (unpaired) electrons. The first-order valence-corrected chi connectivity index (χ1v) is 13.9. The van der Waals surface area contributed by atoms with Crippen molar-refractivity contribution in [3.05, 3.63) is 52.8 Å². The number of carbonyl (C=O) groups is 1. The standard InChI is InChI=1S/C29H37N5O4/c1-19-24-8-4-9-25(26(24)34(32-19)22-17-37-18-22)27(29(35)36)33-14-12-23(16-33)38-15-3-2-7-21-11-10-20-6-5-13-30-28(20)31-21/h4,8-11,22-23,27H,2-3,5-7,12-18H2,1H3,(H,30,31)(H,35,36). The minimum Gasteiger partial charge on any atom is -0.480 e. The van der Waals surface area contributed by atoms with Gasteiger partial charge in [-0.05, 0) is 57.1 Å². The normalized spacial score (nSPS) is 20.7. The van der Waals surface area contributed by atoms with Gasteiger partial charge in [0.15, 0.2) is 0 Å². The molecule has 0 bridgehead atoms. The Bertz CT molecular complexity index is 1300. The fraction of sp³-hybridized carbons (Fsp3) is 0.552. The molecule has 6 rings (SSSR count). The molecule has 3 aromatic rings. The number of carboxylic acid groups (broad SMARTS) is 1. The first kappa shape index (κ1) is 25.3. The van der Waals surface area contributed by atoms with Gasteiger partial charge in [-0.15, -0.1) is 0 Å². The van der Waals surface area contributed by atoms with Gasteiger partial charge in [-0.2, -0.15) is 5.10 Å². The van der Waals surface area contributed by atoms with Crippen molar-refractivity contribution in [2.24, 2.45) is 0 Å². The molecule has 3 aliphatic rings. The molecule has 5 heterocycles. The predicted molar refractivity (Wildman–Crippen MR) is 145 cm³/mol. The lowest BCUT2D eigenvalue weighted by molar-refractivity contribution is -0.143. The number of para-hydroxylation sites is 1. The first-order valence-electron chi connectivity index (χ1n) is 13.9. The van der Waals surface area contributed by atoms with Gasteiger partial charge in [0.25, 0.3) is 0 Å². The number of nitrogens with one attached hydrogen (secondary N) is 1. The Balaban J connectivity index is 1.05. The fourth-order valence-electron chi connectivity index (χ4n) is 6.00. The largest absolute Gasteiger partial charge is 0.480 e. The lowest BCUT2D eigenvalue weighted by atomic mass is 10.0. The van der Waals surface area contributed by atoms with Gasteiger partial charge in [0.1, 0.15) is 11.9 Å². The highest BCUT2D eigenvalue weighted by Gasteiger charge is 2.36. The van der Waals surface area contributed by atoms with Gasteiger partial charge in [0, 0.05) is 42.9 Å². The number of benzene rings is 1. The summed E-state index contributed by atoms with van der Waals surface area (Å²) in [6, 6.07) is 9.71. The molecule has 202 valence electrons. The zero-order chi connectivity index (χ0) is 26.1. The molecule has 9 heteroatoms. The average molecular weight is 520 g/mol. The topological polar surface area (TPSA) is 102 Å². The number of anilines is 1. The lowest BCUT2D eigenvalue weighted by Gasteiger charge is -2.29. The van der Waals surface area contributed by atoms with Gasteiger partial charge in [-0.25, -0.2) is 4.98 Å². The molecule has 0 saturated carbocycles. The Morgan fingerprint density at radius 2 is 2.16 bits per heavy atom. The van der Waals surface area contributed by atoms with Gasteiger partial charge in [-0.3, -0.25) is 14.4 Å². The summed E-state index contributed by atoms with van der Waals surface area (Å²) in [5.41, 5.74) is 5.09. The number of fused-ring (bicyclic) bond motifs is 2. The molecule has 0 aliphatic carbocycles. The number of hydrogen-bond acceptors (Lipinski definition) is 7. The van der Waals surface area contributed by atoms with Crippen LogP contribution >= 0.6 is 0 Å². The molecular formula is C29H37N5O4. The minimum atomic E-state index is -0.833. The molecule has 1 aromatic carbocycles. The highest BCUT2D eigenvalue weighted by molar-refractivity contribution is 5.90. The molecule has 2 saturated heterocycles. The molecule has 2 unspecified atom stereocenters. The molecule has 2 atom stereocenters. The summed E-state index contributed by atoms with van der Waals surface area (Å²) in [6.45, 7) is 6.21. The number of aromatic nitrogens is 3. The van der Waals surface area contributed by atoms with Crippen molar-refractivity contribution in [1.29, 1.82) is 0 Å². The second kappa shape index (κ2) is 11.0. The maximum atomic E-state index is 12.6. The summed E-state index contributed by atoms with van der Waals surface area (Å²) < 4.78 is 13.6. The van der Waals surface area contributed by atoms with E-state index in [1.165, 1.54) is 12.0 Å². The number of unbranched alkanes of at least 4 members (excludes halogenated alkanes) is 1. The molecule has 0 spiro atoms. The number of likely N-dealkylation sites (tertiary alicyclic amines) is 1. The predicted octanol–water partition coefficient (Wildman–Crippen LogP) is 3.91. The van der Waals surface area contributed by atoms with Gasteiger partial charge < -0.3 is 19.9 Å². The first-order chi connectivity index (χ1) is 18.6. The Kier molecular flexibility index (Phi) is 7.32. The van der Waals surface area contributed by atoms with Crippen LogP contribution in [0.3, 0.4) is 0 Å². The second-order valence-electron chi connectivity index (χ2n) is 10.8. The molecule has 38 heavy (non-hydrogen) atoms. The van der Waals surface area contributed by atoms with Crippen molar-refractivity contribution in [3.8, 4) is 0 Å². The second-order valence-corrected chi connectivity index (χ2v) is 10.8. The van der Waals surface area contributed by atoms with Crippen LogP contribution in [0.4, 0.5) is 5.82 Å². The number of hydrogen-bond donors (Lipinski definition) is 2. The quantitative estimate of drug-likeness (QED) is 0.389. The maximum absolute atomic E-state index is 12.6. The number of nitrogens with zero attached hydrogens (tertiary/aromatic N) is 4. The van der Waals surface area contributed by atoms with Crippen molar-refractivity contribution in [2.45, 2.75) is 63.6 Å². The van der Waals surface area contributed by atoms with Crippen molar-refractivity contribution in [3.63, 3.8) is 0 Å². The van der Waals surface area contributed by atoms with E-state index in [1.54, 1.807) is 0 Å². The molecule has 9 nitrogen and oxygen atoms in total. The highest BCUT2D eigenvalue weighted by atomic mass is 16.5. The third-order valence-corrected chi connectivity index (χ3v) is 8.11. The van der Waals surface area contributed by atoms with Crippen LogP contribution in [0.1, 0.15) is 60.3 Å². The van der Waals surface area contributed by atoms with Gasteiger partial charge in [-0.1, -0.05) is 24.3 Å². The van der Waals surface area contributed by atoms with Crippen LogP contribution < -0.4 is 5.32 Å². The number of carboxylic acids is 1. The number of aryl methyl sites for hydroxylation is 3. The molecule has 2 fully saturated rings. The van der Waals surface area contributed by atoms with Crippen molar-refractivity contribution in [1.82, 2.24) is 19.7 Å². The number of rotatable bonds is 10. The van der Waals surface area contributed by atoms with Crippen LogP contribution in [0.25, 0.3) is 10.9 Å². The monoisotopic (exact) mass is 519 g/mol. The SMILES string of the molecule is Cc1nn(C2COC2)c2c(C(C(=O)O)N3CCC(OCCCCc4ccc5c(n4)NCCC5)C3)cccc12. The summed E-state index contributed by atoms with van der Waals surface area (Å²) in [4.78, 5) is 19.4. The van der Waals surface area contributed by atoms with E-state index >= 15 is 0 Å². The smallest absolute Gasteiger partial charge is 0.325 e. The third kappa shape index (κ3) is 5.02. The van der Waals surface area contributed by atoms with Crippen LogP contribution in [0.5, 0.6) is 0 Å². The van der Waals surface area contributed by atoms with E-state index in [0.717, 1.165) is 72.3 Å². The molecule has 2 aromatic heterocycles. The van der Waals surface area contributed by atoms with Crippen molar-refractivity contribution in [2.75, 3.05) is 44.8 Å². The Labute approximate surface area is 223 Å². The van der Waals surface area contributed by atoms with E-state index in [4.69, 9.17) is 19.6 Å². The Hall–Kier alpha value is -3.01. The van der Waals surface area contributed by atoms with Crippen LogP contribution in [0.2, 0.25) is 0 Å². The van der Waals surface area contributed by atoms with Crippen LogP contribution in [0.15, 0.2) is 30.3 Å². The average Bonchev–Trinajstić information content (AvgIpc) is 3.48. The number of aliphatic carboxylic acids is 1. The van der Waals surface area contributed by atoms with Gasteiger partial charge >= 0.3 is 5.97 Å². The summed E-state index contributed by atoms with van der Waals surface area (Å²) in [7, 11) is 0. The minimum absolute atomic E-state index is 0.0498. The summed E-state index contributed by atoms with van der Waals surface area (Å²) in [6.07, 6.45) is 6.11. The molecular weight excluding hydrogens is 482 g/mol. The van der Waals surface area contributed by atoms with E-state index in [1.807, 2.05) is 29.8 Å². The Morgan fingerprint density at radius 3 is 2.97 bits per heavy atom. The lowest BCUT2D eigenvalue weighted by Crippen LogP contribution is -2.35. The van der Waals surface area contributed by atoms with Crippen molar-refractivity contribution < 1.29 is 19.4 Å². The zero-order valence-corrected chi connectivity index (χ0v) is 22.1. The molecule has 3 aliphatic heterocycles. The van der Waals surface area contributed by atoms with E-state index < -0.39 is 12.0 Å². The molecule has 2 N–H and O–H groups in total. The summed E-state index contributed by atoms with van der Waals surface area (Å²) in [5, 5.41) is 19.5. The Morgan fingerprint density at radius 1 is 1.26 bits per heavy atom. The van der Waals surface area contributed by atoms with Crippen LogP contribution in [0, 0.1) is 6.92 Å². The molecule has 0 amide bonds. The fourth-order valence-corrected chi connectivity index (χ4v) is 6.00. The van der Waals surface area contributed by atoms with E-state index in [-0.39, 0.29) is 12.1 Å². The maximum Gasteiger partial charge on any atom is 0.325 e. The summed E-state index contributed by atoms with van der Waals surface area (Å²) in [5.74, 6) is 0.222. The number of pyridine rings is 1. The van der Waals surface area contributed by atoms with Crippen LogP contribution in [-0.4, -0.2) is 76.3 Å².